The smallest absolute Gasteiger partial charge is 0.339 e. The van der Waals surface area contributed by atoms with Crippen molar-refractivity contribution >= 4 is 16.9 Å². The second-order valence-electron chi connectivity index (χ2n) is 7.19. The highest BCUT2D eigenvalue weighted by Gasteiger charge is 2.23. The lowest BCUT2D eigenvalue weighted by molar-refractivity contribution is -0.137. The number of aromatic nitrogens is 2. The molecule has 0 radical (unpaired) electrons. The topological polar surface area (TPSA) is 98.7 Å². The number of aryl methyl sites for hydroxylation is 3. The number of hydrogen-bond donors (Lipinski definition) is 0. The van der Waals surface area contributed by atoms with E-state index < -0.39 is 6.10 Å². The maximum atomic E-state index is 12.8. The molecule has 0 spiro atoms. The Hall–Kier alpha value is -3.16. The van der Waals surface area contributed by atoms with Crippen LogP contribution in [-0.4, -0.2) is 34.1 Å². The fourth-order valence-electron chi connectivity index (χ4n) is 3.11. The van der Waals surface area contributed by atoms with Crippen LogP contribution in [0.3, 0.4) is 0 Å². The Balaban J connectivity index is 1.85. The van der Waals surface area contributed by atoms with Crippen LogP contribution in [0.1, 0.15) is 42.3 Å². The molecule has 1 amide bonds. The van der Waals surface area contributed by atoms with Crippen molar-refractivity contribution in [2.24, 2.45) is 0 Å². The average molecular weight is 399 g/mol. The molecule has 1 aromatic carbocycles. The first-order chi connectivity index (χ1) is 13.7. The van der Waals surface area contributed by atoms with E-state index in [1.807, 2.05) is 26.8 Å². The number of hydrogen-bond acceptors (Lipinski definition) is 7. The summed E-state index contributed by atoms with van der Waals surface area (Å²) in [4.78, 5) is 30.5. The summed E-state index contributed by atoms with van der Waals surface area (Å²) in [5.74, 6) is 1.25. The molecule has 1 unspecified atom stereocenters. The van der Waals surface area contributed by atoms with Crippen molar-refractivity contribution in [2.75, 3.05) is 7.05 Å². The van der Waals surface area contributed by atoms with E-state index in [-0.39, 0.29) is 18.1 Å². The average Bonchev–Trinajstić information content (AvgIpc) is 3.12. The van der Waals surface area contributed by atoms with Gasteiger partial charge in [-0.3, -0.25) is 4.79 Å². The molecule has 2 heterocycles. The van der Waals surface area contributed by atoms with Crippen LogP contribution in [-0.2, 0) is 17.8 Å². The van der Waals surface area contributed by atoms with Gasteiger partial charge in [-0.2, -0.15) is 4.98 Å². The largest absolute Gasteiger partial charge is 0.480 e. The number of benzene rings is 1. The third kappa shape index (κ3) is 4.16. The SMILES string of the molecule is CCc1noc(CN(C)C(=O)C(C)Oc2cc(C)cc3oc(=O)c(C)c(C)c23)n1. The van der Waals surface area contributed by atoms with Gasteiger partial charge in [0.2, 0.25) is 5.89 Å². The Labute approximate surface area is 168 Å². The summed E-state index contributed by atoms with van der Waals surface area (Å²) >= 11 is 0. The van der Waals surface area contributed by atoms with Crippen LogP contribution in [0.2, 0.25) is 0 Å². The van der Waals surface area contributed by atoms with E-state index in [4.69, 9.17) is 13.7 Å². The van der Waals surface area contributed by atoms with E-state index in [2.05, 4.69) is 10.1 Å². The summed E-state index contributed by atoms with van der Waals surface area (Å²) in [6.45, 7) is 9.23. The molecule has 8 nitrogen and oxygen atoms in total. The highest BCUT2D eigenvalue weighted by atomic mass is 16.5. The number of ether oxygens (including phenoxy) is 1. The summed E-state index contributed by atoms with van der Waals surface area (Å²) in [5, 5.41) is 4.53. The quantitative estimate of drug-likeness (QED) is 0.587. The van der Waals surface area contributed by atoms with Crippen LogP contribution < -0.4 is 10.4 Å². The van der Waals surface area contributed by atoms with Gasteiger partial charge in [-0.15, -0.1) is 0 Å². The first-order valence-corrected chi connectivity index (χ1v) is 9.49. The molecule has 1 atom stereocenters. The molecule has 154 valence electrons. The number of nitrogens with zero attached hydrogens (tertiary/aromatic N) is 3. The number of fused-ring (bicyclic) bond motifs is 1. The molecule has 0 saturated carbocycles. The number of carbonyl (C=O) groups excluding carboxylic acids is 1. The minimum atomic E-state index is -0.759. The molecule has 2 aromatic heterocycles. The van der Waals surface area contributed by atoms with Gasteiger partial charge in [0, 0.05) is 19.0 Å². The van der Waals surface area contributed by atoms with Crippen LogP contribution in [0.25, 0.3) is 11.0 Å². The van der Waals surface area contributed by atoms with Crippen molar-refractivity contribution in [2.45, 2.75) is 53.7 Å². The first kappa shape index (κ1) is 20.6. The molecule has 0 aliphatic rings. The number of carbonyl (C=O) groups is 1. The van der Waals surface area contributed by atoms with Crippen molar-refractivity contribution in [3.8, 4) is 5.75 Å². The van der Waals surface area contributed by atoms with Crippen LogP contribution in [0.15, 0.2) is 25.9 Å². The van der Waals surface area contributed by atoms with Gasteiger partial charge in [0.15, 0.2) is 11.9 Å². The second kappa shape index (κ2) is 8.06. The lowest BCUT2D eigenvalue weighted by atomic mass is 10.0. The minimum Gasteiger partial charge on any atom is -0.480 e. The molecule has 0 aliphatic carbocycles. The molecule has 0 fully saturated rings. The van der Waals surface area contributed by atoms with Gasteiger partial charge in [0.1, 0.15) is 11.3 Å². The van der Waals surface area contributed by atoms with E-state index in [0.29, 0.717) is 40.4 Å². The highest BCUT2D eigenvalue weighted by molar-refractivity contribution is 5.89. The molecule has 0 saturated heterocycles. The summed E-state index contributed by atoms with van der Waals surface area (Å²) in [5.41, 5.74) is 2.23. The summed E-state index contributed by atoms with van der Waals surface area (Å²) < 4.78 is 16.6. The Bertz CT molecular complexity index is 1120. The molecule has 29 heavy (non-hydrogen) atoms. The van der Waals surface area contributed by atoms with Gasteiger partial charge in [-0.1, -0.05) is 12.1 Å². The van der Waals surface area contributed by atoms with Gasteiger partial charge in [-0.25, -0.2) is 4.79 Å². The maximum absolute atomic E-state index is 12.8. The van der Waals surface area contributed by atoms with Crippen molar-refractivity contribution in [3.63, 3.8) is 0 Å². The molecule has 0 bridgehead atoms. The zero-order chi connectivity index (χ0) is 21.3. The number of rotatable bonds is 6. The minimum absolute atomic E-state index is 0.196. The lowest BCUT2D eigenvalue weighted by Crippen LogP contribution is -2.37. The van der Waals surface area contributed by atoms with Crippen molar-refractivity contribution in [3.05, 3.63) is 51.0 Å². The van der Waals surface area contributed by atoms with E-state index in [1.165, 1.54) is 4.90 Å². The Morgan fingerprint density at radius 3 is 2.62 bits per heavy atom. The van der Waals surface area contributed by atoms with Crippen LogP contribution in [0.5, 0.6) is 5.75 Å². The standard InChI is InChI=1S/C21H25N3O5/c1-7-17-22-18(29-23-17)10-24(6)20(25)14(5)27-15-8-11(2)9-16-19(15)12(3)13(4)21(26)28-16/h8-9,14H,7,10H2,1-6H3. The zero-order valence-electron chi connectivity index (χ0n) is 17.5. The van der Waals surface area contributed by atoms with E-state index >= 15 is 0 Å². The van der Waals surface area contributed by atoms with Crippen LogP contribution in [0.4, 0.5) is 0 Å². The molecule has 3 aromatic rings. The second-order valence-corrected chi connectivity index (χ2v) is 7.19. The lowest BCUT2D eigenvalue weighted by Gasteiger charge is -2.22. The number of likely N-dealkylation sites (N-methyl/N-ethyl adjacent to an activating group) is 1. The Morgan fingerprint density at radius 1 is 1.24 bits per heavy atom. The van der Waals surface area contributed by atoms with Crippen LogP contribution >= 0.6 is 0 Å². The summed E-state index contributed by atoms with van der Waals surface area (Å²) in [7, 11) is 1.65. The predicted octanol–water partition coefficient (Wildman–Crippen LogP) is 3.09. The molecular formula is C21H25N3O5. The first-order valence-electron chi connectivity index (χ1n) is 9.49. The van der Waals surface area contributed by atoms with Crippen molar-refractivity contribution < 1.29 is 18.5 Å². The highest BCUT2D eigenvalue weighted by Crippen LogP contribution is 2.31. The monoisotopic (exact) mass is 399 g/mol. The molecule has 3 rings (SSSR count). The fraction of sp³-hybridized carbons (Fsp3) is 0.429. The maximum Gasteiger partial charge on any atom is 0.339 e. The normalized spacial score (nSPS) is 12.2. The fourth-order valence-corrected chi connectivity index (χ4v) is 3.11. The number of amides is 1. The van der Waals surface area contributed by atoms with Gasteiger partial charge in [-0.05, 0) is 51.0 Å². The Morgan fingerprint density at radius 2 is 1.97 bits per heavy atom. The molecule has 0 aliphatic heterocycles. The van der Waals surface area contributed by atoms with Gasteiger partial charge in [0.25, 0.3) is 5.91 Å². The molecule has 0 N–H and O–H groups in total. The molecular weight excluding hydrogens is 374 g/mol. The Kier molecular flexibility index (Phi) is 5.72. The predicted molar refractivity (Wildman–Crippen MR) is 107 cm³/mol. The third-order valence-corrected chi connectivity index (χ3v) is 4.88. The van der Waals surface area contributed by atoms with E-state index in [1.54, 1.807) is 27.0 Å². The van der Waals surface area contributed by atoms with Gasteiger partial charge < -0.3 is 18.6 Å². The van der Waals surface area contributed by atoms with Gasteiger partial charge >= 0.3 is 5.63 Å². The van der Waals surface area contributed by atoms with Crippen molar-refractivity contribution in [1.82, 2.24) is 15.0 Å². The van der Waals surface area contributed by atoms with Gasteiger partial charge in [0.05, 0.1) is 11.9 Å². The van der Waals surface area contributed by atoms with E-state index in [9.17, 15) is 9.59 Å². The van der Waals surface area contributed by atoms with Crippen molar-refractivity contribution in [1.29, 1.82) is 0 Å². The zero-order valence-corrected chi connectivity index (χ0v) is 17.5. The van der Waals surface area contributed by atoms with E-state index in [0.717, 1.165) is 11.1 Å². The van der Waals surface area contributed by atoms with Crippen LogP contribution in [0, 0.1) is 20.8 Å². The third-order valence-electron chi connectivity index (χ3n) is 4.88. The summed E-state index contributed by atoms with van der Waals surface area (Å²) in [6, 6.07) is 3.62. The molecule has 8 heteroatoms. The summed E-state index contributed by atoms with van der Waals surface area (Å²) in [6.07, 6.45) is -0.0964.